The first kappa shape index (κ1) is 23.7. The molecule has 4 atom stereocenters. The Morgan fingerprint density at radius 2 is 1.72 bits per heavy atom. The van der Waals surface area contributed by atoms with Crippen LogP contribution < -0.4 is 0 Å². The first-order valence-electron chi connectivity index (χ1n) is 8.99. The number of aromatic nitrogens is 4. The van der Waals surface area contributed by atoms with Gasteiger partial charge in [-0.3, -0.25) is 19.0 Å². The highest BCUT2D eigenvalue weighted by atomic mass is 35.5. The Bertz CT molecular complexity index is 1060. The number of rotatable bonds is 5. The number of alkyl halides is 3. The fourth-order valence-electron chi connectivity index (χ4n) is 3.11. The summed E-state index contributed by atoms with van der Waals surface area (Å²) in [7, 11) is 0. The number of hydrogen-bond donors (Lipinski definition) is 0. The summed E-state index contributed by atoms with van der Waals surface area (Å²) in [6.45, 7) is 2.92. The number of nitrogens with zero attached hydrogens (tertiary/aromatic N) is 4. The number of carbonyl (C=O) groups excluding carboxylic acids is 3. The molecule has 0 aliphatic carbocycles. The molecule has 1 saturated heterocycles. The van der Waals surface area contributed by atoms with Crippen LogP contribution in [0.2, 0.25) is 5.15 Å². The monoisotopic (exact) mass is 480 g/mol. The minimum atomic E-state index is -4.91. The lowest BCUT2D eigenvalue weighted by molar-refractivity contribution is -0.166. The molecule has 3 rings (SSSR count). The highest BCUT2D eigenvalue weighted by Crippen LogP contribution is 2.37. The van der Waals surface area contributed by atoms with Crippen molar-refractivity contribution in [1.82, 2.24) is 19.5 Å². The van der Waals surface area contributed by atoms with Crippen LogP contribution in [0.4, 0.5) is 13.2 Å². The Morgan fingerprint density at radius 1 is 1.09 bits per heavy atom. The van der Waals surface area contributed by atoms with Gasteiger partial charge in [-0.15, -0.1) is 0 Å². The number of ether oxygens (including phenoxy) is 4. The van der Waals surface area contributed by atoms with Gasteiger partial charge < -0.3 is 18.9 Å². The summed E-state index contributed by atoms with van der Waals surface area (Å²) in [5, 5.41) is -0.559. The summed E-state index contributed by atoms with van der Waals surface area (Å²) in [6, 6.07) is 0. The van der Waals surface area contributed by atoms with Crippen molar-refractivity contribution in [2.45, 2.75) is 51.5 Å². The topological polar surface area (TPSA) is 132 Å². The highest BCUT2D eigenvalue weighted by molar-refractivity contribution is 6.33. The molecule has 15 heteroatoms. The number of halogens is 4. The number of esters is 3. The maximum atomic E-state index is 13.2. The molecule has 32 heavy (non-hydrogen) atoms. The molecule has 3 heterocycles. The van der Waals surface area contributed by atoms with E-state index in [4.69, 9.17) is 30.5 Å². The molecular formula is C17H16ClF3N4O7. The molecule has 1 unspecified atom stereocenters. The lowest BCUT2D eigenvalue weighted by Gasteiger charge is -2.23. The Hall–Kier alpha value is -3.00. The number of hydrogen-bond acceptors (Lipinski definition) is 10. The quantitative estimate of drug-likeness (QED) is 0.354. The van der Waals surface area contributed by atoms with E-state index in [1.165, 1.54) is 0 Å². The summed E-state index contributed by atoms with van der Waals surface area (Å²) < 4.78 is 61.7. The number of imidazole rings is 1. The summed E-state index contributed by atoms with van der Waals surface area (Å²) in [4.78, 5) is 45.1. The molecule has 0 N–H and O–H groups in total. The summed E-state index contributed by atoms with van der Waals surface area (Å²) >= 11 is 5.84. The molecule has 1 aliphatic heterocycles. The van der Waals surface area contributed by atoms with E-state index in [0.717, 1.165) is 31.7 Å². The molecule has 0 spiro atoms. The van der Waals surface area contributed by atoms with Crippen LogP contribution in [-0.4, -0.2) is 62.3 Å². The molecule has 0 aromatic carbocycles. The second kappa shape index (κ2) is 8.86. The van der Waals surface area contributed by atoms with Crippen molar-refractivity contribution < 1.29 is 46.5 Å². The normalized spacial score (nSPS) is 23.2. The third-order valence-corrected chi connectivity index (χ3v) is 4.51. The van der Waals surface area contributed by atoms with E-state index < -0.39 is 66.2 Å². The lowest BCUT2D eigenvalue weighted by atomic mass is 10.1. The average Bonchev–Trinajstić information content (AvgIpc) is 3.21. The maximum absolute atomic E-state index is 13.2. The largest absolute Gasteiger partial charge is 0.463 e. The van der Waals surface area contributed by atoms with Crippen LogP contribution in [-0.2, 0) is 39.5 Å². The second-order valence-electron chi connectivity index (χ2n) is 6.68. The molecule has 2 aromatic heterocycles. The van der Waals surface area contributed by atoms with E-state index >= 15 is 0 Å². The van der Waals surface area contributed by atoms with Gasteiger partial charge in [0, 0.05) is 20.8 Å². The molecule has 1 fully saturated rings. The van der Waals surface area contributed by atoms with Gasteiger partial charge in [-0.25, -0.2) is 15.0 Å². The van der Waals surface area contributed by atoms with Gasteiger partial charge in [0.05, 0.1) is 6.33 Å². The summed E-state index contributed by atoms with van der Waals surface area (Å²) in [5.41, 5.74) is -0.536. The zero-order chi connectivity index (χ0) is 23.8. The molecule has 2 aromatic rings. The maximum Gasteiger partial charge on any atom is 0.451 e. The van der Waals surface area contributed by atoms with Crippen LogP contribution >= 0.6 is 11.6 Å². The fraction of sp³-hybridized carbons (Fsp3) is 0.529. The predicted octanol–water partition coefficient (Wildman–Crippen LogP) is 1.82. The minimum Gasteiger partial charge on any atom is -0.463 e. The third-order valence-electron chi connectivity index (χ3n) is 4.25. The molecule has 174 valence electrons. The third kappa shape index (κ3) is 4.91. The van der Waals surface area contributed by atoms with E-state index in [1.54, 1.807) is 0 Å². The van der Waals surface area contributed by atoms with Crippen molar-refractivity contribution in [3.63, 3.8) is 0 Å². The van der Waals surface area contributed by atoms with Crippen molar-refractivity contribution in [2.24, 2.45) is 0 Å². The number of carbonyl (C=O) groups is 3. The van der Waals surface area contributed by atoms with Crippen LogP contribution in [0.25, 0.3) is 11.2 Å². The van der Waals surface area contributed by atoms with E-state index in [-0.39, 0.29) is 11.2 Å². The van der Waals surface area contributed by atoms with Gasteiger partial charge in [0.15, 0.2) is 29.2 Å². The Balaban J connectivity index is 2.09. The van der Waals surface area contributed by atoms with Crippen molar-refractivity contribution in [3.05, 3.63) is 17.3 Å². The van der Waals surface area contributed by atoms with Crippen LogP contribution in [0.3, 0.4) is 0 Å². The molecule has 0 bridgehead atoms. The summed E-state index contributed by atoms with van der Waals surface area (Å²) in [5.74, 6) is -3.73. The van der Waals surface area contributed by atoms with Gasteiger partial charge in [-0.1, -0.05) is 11.6 Å². The molecular weight excluding hydrogens is 465 g/mol. The first-order valence-corrected chi connectivity index (χ1v) is 9.36. The van der Waals surface area contributed by atoms with Crippen LogP contribution in [0, 0.1) is 0 Å². The van der Waals surface area contributed by atoms with Gasteiger partial charge in [0.1, 0.15) is 18.2 Å². The van der Waals surface area contributed by atoms with Crippen molar-refractivity contribution in [1.29, 1.82) is 0 Å². The zero-order valence-electron chi connectivity index (χ0n) is 16.8. The average molecular weight is 481 g/mol. The highest BCUT2D eigenvalue weighted by Gasteiger charge is 2.51. The van der Waals surface area contributed by atoms with Gasteiger partial charge in [-0.2, -0.15) is 13.2 Å². The molecule has 1 aliphatic rings. The Kier molecular flexibility index (Phi) is 6.55. The van der Waals surface area contributed by atoms with E-state index in [0.29, 0.717) is 0 Å². The molecule has 0 amide bonds. The Morgan fingerprint density at radius 3 is 2.28 bits per heavy atom. The van der Waals surface area contributed by atoms with Crippen LogP contribution in [0.1, 0.15) is 32.8 Å². The van der Waals surface area contributed by atoms with Crippen LogP contribution in [0.5, 0.6) is 0 Å². The van der Waals surface area contributed by atoms with Gasteiger partial charge in [0.2, 0.25) is 5.82 Å². The van der Waals surface area contributed by atoms with Crippen molar-refractivity contribution in [2.75, 3.05) is 6.61 Å². The minimum absolute atomic E-state index is 0.169. The van der Waals surface area contributed by atoms with E-state index in [2.05, 4.69) is 15.0 Å². The van der Waals surface area contributed by atoms with Crippen molar-refractivity contribution in [3.8, 4) is 0 Å². The zero-order valence-corrected chi connectivity index (χ0v) is 17.5. The van der Waals surface area contributed by atoms with Gasteiger partial charge in [-0.05, 0) is 0 Å². The van der Waals surface area contributed by atoms with Crippen molar-refractivity contribution >= 4 is 40.7 Å². The SMILES string of the molecule is CC(=O)OC[C@H]1OC(n2cnc3c(Cl)nc(C(F)(F)F)nc32)[C@@H](OC(C)=O)[C@@H]1OC(C)=O. The smallest absolute Gasteiger partial charge is 0.451 e. The molecule has 0 saturated carbocycles. The standard InChI is InChI=1S/C17H16ClF3N4O7/c1-6(26)29-4-9-11(30-7(2)27)12(31-8(3)28)15(32-9)25-5-22-10-13(18)23-16(17(19,20)21)24-14(10)25/h5,9,11-12,15H,4H2,1-3H3/t9-,11-,12+,15?/m1/s1. The van der Waals surface area contributed by atoms with Gasteiger partial charge in [0.25, 0.3) is 0 Å². The fourth-order valence-corrected chi connectivity index (χ4v) is 3.33. The number of fused-ring (bicyclic) bond motifs is 1. The lowest BCUT2D eigenvalue weighted by Crippen LogP contribution is -2.40. The van der Waals surface area contributed by atoms with Crippen LogP contribution in [0.15, 0.2) is 6.33 Å². The van der Waals surface area contributed by atoms with E-state index in [9.17, 15) is 27.6 Å². The molecule has 11 nitrogen and oxygen atoms in total. The van der Waals surface area contributed by atoms with E-state index in [1.807, 2.05) is 0 Å². The summed E-state index contributed by atoms with van der Waals surface area (Å²) in [6.07, 6.45) is -8.90. The molecule has 0 radical (unpaired) electrons. The Labute approximate surface area is 182 Å². The second-order valence-corrected chi connectivity index (χ2v) is 7.03. The van der Waals surface area contributed by atoms with Gasteiger partial charge >= 0.3 is 24.1 Å². The predicted molar refractivity (Wildman–Crippen MR) is 97.0 cm³/mol. The first-order chi connectivity index (χ1) is 14.9.